The van der Waals surface area contributed by atoms with Crippen LogP contribution in [0.4, 0.5) is 4.39 Å². The van der Waals surface area contributed by atoms with E-state index in [0.717, 1.165) is 44.7 Å². The molecule has 0 saturated carbocycles. The van der Waals surface area contributed by atoms with Crippen molar-refractivity contribution in [3.8, 4) is 45.5 Å². The SMILES string of the molecule is CC(C)(C)c1ccc(-c2[c-]cc(F)cc2)nc1.[2H]C([2H])([2H])c1c(C#N)ccc2c1oc1c(-c3nc4ccccc4n3-c3ccc(-c4ccccc4)cc3C(C)(C)C)[c-]cc(C([2H])(C)C)c12.[Ir]. The molecule has 0 amide bonds. The third-order valence-corrected chi connectivity index (χ3v) is 11.0. The number of benzene rings is 6. The van der Waals surface area contributed by atoms with Gasteiger partial charge in [0.05, 0.1) is 34.1 Å². The second kappa shape index (κ2) is 17.3. The summed E-state index contributed by atoms with van der Waals surface area (Å²) in [5.74, 6) is -0.770. The van der Waals surface area contributed by atoms with Crippen LogP contribution in [0.1, 0.15) is 94.6 Å². The fourth-order valence-electron chi connectivity index (χ4n) is 7.68. The van der Waals surface area contributed by atoms with Crippen molar-refractivity contribution < 1.29 is 34.4 Å². The van der Waals surface area contributed by atoms with Gasteiger partial charge in [-0.05, 0) is 76.0 Å². The number of nitrogens with zero attached hydrogens (tertiary/aromatic N) is 4. The average molecular weight is 997 g/mol. The molecule has 3 heterocycles. The van der Waals surface area contributed by atoms with Gasteiger partial charge < -0.3 is 14.0 Å². The molecule has 1 radical (unpaired) electrons. The normalized spacial score (nSPS) is 13.0. The summed E-state index contributed by atoms with van der Waals surface area (Å²) >= 11 is 0. The van der Waals surface area contributed by atoms with Crippen LogP contribution in [0.2, 0.25) is 0 Å². The number of aryl methyl sites for hydroxylation is 1. The maximum atomic E-state index is 12.8. The van der Waals surface area contributed by atoms with Crippen molar-refractivity contribution in [3.63, 3.8) is 0 Å². The van der Waals surface area contributed by atoms with Crippen molar-refractivity contribution in [1.82, 2.24) is 14.5 Å². The van der Waals surface area contributed by atoms with Crippen molar-refractivity contribution in [3.05, 3.63) is 173 Å². The van der Waals surface area contributed by atoms with Crippen molar-refractivity contribution >= 4 is 33.0 Å². The van der Waals surface area contributed by atoms with Crippen LogP contribution in [0, 0.1) is 36.1 Å². The smallest absolute Gasteiger partial charge is 0.125 e. The molecular formula is C55H49FIrN4O-2. The van der Waals surface area contributed by atoms with Gasteiger partial charge in [0.15, 0.2) is 0 Å². The van der Waals surface area contributed by atoms with Gasteiger partial charge in [-0.2, -0.15) is 5.26 Å². The topological polar surface area (TPSA) is 67.6 Å². The molecule has 9 aromatic rings. The summed E-state index contributed by atoms with van der Waals surface area (Å²) in [6, 6.07) is 46.5. The molecule has 6 aromatic carbocycles. The Morgan fingerprint density at radius 1 is 0.823 bits per heavy atom. The van der Waals surface area contributed by atoms with Gasteiger partial charge >= 0.3 is 0 Å². The summed E-state index contributed by atoms with van der Waals surface area (Å²) in [5, 5.41) is 11.0. The van der Waals surface area contributed by atoms with Crippen LogP contribution in [-0.2, 0) is 30.9 Å². The first-order valence-electron chi connectivity index (χ1n) is 22.3. The van der Waals surface area contributed by atoms with Crippen LogP contribution in [0.5, 0.6) is 0 Å². The number of pyridine rings is 1. The second-order valence-electron chi connectivity index (χ2n) is 17.6. The number of nitriles is 1. The zero-order chi connectivity index (χ0) is 46.6. The Hall–Kier alpha value is -6.19. The Bertz CT molecular complexity index is 3260. The minimum atomic E-state index is -2.60. The Morgan fingerprint density at radius 2 is 1.58 bits per heavy atom. The van der Waals surface area contributed by atoms with E-state index in [2.05, 4.69) is 99.6 Å². The zero-order valence-corrected chi connectivity index (χ0v) is 38.4. The fourth-order valence-corrected chi connectivity index (χ4v) is 7.68. The van der Waals surface area contributed by atoms with E-state index in [1.54, 1.807) is 32.0 Å². The molecule has 0 saturated heterocycles. The number of halogens is 1. The quantitative estimate of drug-likeness (QED) is 0.161. The average Bonchev–Trinajstić information content (AvgIpc) is 3.84. The molecule has 0 aliphatic heterocycles. The summed E-state index contributed by atoms with van der Waals surface area (Å²) < 4.78 is 55.4. The molecule has 0 fully saturated rings. The molecule has 9 rings (SSSR count). The summed E-state index contributed by atoms with van der Waals surface area (Å²) in [4.78, 5) is 9.53. The standard InChI is InChI=1S/C40H34N3O.C15H15FN.Ir/c1-24(2)29-19-20-31(38-36(29)30-18-16-28(23-41)25(3)37(30)44-38)39-42-33-14-10-11-15-35(33)43(39)34-21-17-27(22-32(34)40(4,5)6)26-12-8-7-9-13-26;1-15(2,3)12-6-9-14(17-10-12)11-4-7-13(16)8-5-11;/h7-19,21-22,24H,1-6H3;4,6-10H,1-3H3;/q2*-1;/i3D3,24D;;. The Labute approximate surface area is 383 Å². The van der Waals surface area contributed by atoms with Gasteiger partial charge in [0.25, 0.3) is 0 Å². The van der Waals surface area contributed by atoms with Crippen LogP contribution in [0.3, 0.4) is 0 Å². The van der Waals surface area contributed by atoms with Gasteiger partial charge in [-0.15, -0.1) is 47.5 Å². The molecule has 62 heavy (non-hydrogen) atoms. The van der Waals surface area contributed by atoms with Crippen LogP contribution in [0.15, 0.2) is 132 Å². The maximum absolute atomic E-state index is 12.8. The predicted molar refractivity (Wildman–Crippen MR) is 247 cm³/mol. The number of para-hydroxylation sites is 2. The number of hydrogen-bond donors (Lipinski definition) is 0. The molecule has 0 atom stereocenters. The van der Waals surface area contributed by atoms with E-state index in [4.69, 9.17) is 14.9 Å². The summed E-state index contributed by atoms with van der Waals surface area (Å²) in [6.07, 6.45) is 1.87. The molecular weight excluding hydrogens is 944 g/mol. The molecule has 0 bridgehead atoms. The first kappa shape index (κ1) is 38.7. The van der Waals surface area contributed by atoms with Crippen molar-refractivity contribution in [2.45, 2.75) is 79.0 Å². The second-order valence-corrected chi connectivity index (χ2v) is 17.6. The monoisotopic (exact) mass is 997 g/mol. The number of hydrogen-bond acceptors (Lipinski definition) is 4. The molecule has 7 heteroatoms. The molecule has 3 aromatic heterocycles. The van der Waals surface area contributed by atoms with Gasteiger partial charge in [-0.3, -0.25) is 9.37 Å². The fraction of sp³-hybridized carbons (Fsp3) is 0.218. The zero-order valence-electron chi connectivity index (χ0n) is 40.0. The molecule has 0 unspecified atom stereocenters. The molecule has 0 spiro atoms. The van der Waals surface area contributed by atoms with E-state index in [1.807, 2.05) is 60.8 Å². The van der Waals surface area contributed by atoms with E-state index in [9.17, 15) is 9.65 Å². The summed E-state index contributed by atoms with van der Waals surface area (Å²) in [6.45, 7) is 14.0. The van der Waals surface area contributed by atoms with Gasteiger partial charge in [0.2, 0.25) is 0 Å². The summed E-state index contributed by atoms with van der Waals surface area (Å²) in [7, 11) is 0. The number of fused-ring (bicyclic) bond motifs is 4. The van der Waals surface area contributed by atoms with Crippen LogP contribution < -0.4 is 0 Å². The van der Waals surface area contributed by atoms with E-state index in [-0.39, 0.29) is 53.5 Å². The minimum absolute atomic E-state index is 0. The van der Waals surface area contributed by atoms with Gasteiger partial charge in [-0.1, -0.05) is 139 Å². The number of rotatable bonds is 5. The first-order valence-corrected chi connectivity index (χ1v) is 20.3. The van der Waals surface area contributed by atoms with E-state index < -0.39 is 12.7 Å². The van der Waals surface area contributed by atoms with Crippen molar-refractivity contribution in [1.29, 1.82) is 5.26 Å². The largest absolute Gasteiger partial charge is 0.500 e. The van der Waals surface area contributed by atoms with E-state index >= 15 is 0 Å². The van der Waals surface area contributed by atoms with Crippen molar-refractivity contribution in [2.75, 3.05) is 0 Å². The number of aromatic nitrogens is 3. The van der Waals surface area contributed by atoms with Crippen LogP contribution in [-0.4, -0.2) is 14.5 Å². The predicted octanol–water partition coefficient (Wildman–Crippen LogP) is 14.6. The maximum Gasteiger partial charge on any atom is 0.125 e. The minimum Gasteiger partial charge on any atom is -0.500 e. The number of imidazole rings is 1. The van der Waals surface area contributed by atoms with Crippen molar-refractivity contribution in [2.24, 2.45) is 0 Å². The molecule has 5 nitrogen and oxygen atoms in total. The summed E-state index contributed by atoms with van der Waals surface area (Å²) in [5.41, 5.74) is 10.2. The van der Waals surface area contributed by atoms with E-state index in [1.165, 1.54) is 23.8 Å². The van der Waals surface area contributed by atoms with E-state index in [0.29, 0.717) is 33.3 Å². The molecule has 0 aliphatic rings. The molecule has 0 N–H and O–H groups in total. The molecule has 313 valence electrons. The third-order valence-electron chi connectivity index (χ3n) is 11.0. The third kappa shape index (κ3) is 8.38. The van der Waals surface area contributed by atoms with Gasteiger partial charge in [-0.25, -0.2) is 0 Å². The molecule has 0 aliphatic carbocycles. The van der Waals surface area contributed by atoms with Gasteiger partial charge in [0.1, 0.15) is 5.58 Å². The Kier molecular flexibility index (Phi) is 10.8. The van der Waals surface area contributed by atoms with Crippen LogP contribution in [0.25, 0.3) is 72.4 Å². The Balaban J connectivity index is 0.000000303. The first-order chi connectivity index (χ1) is 30.6. The Morgan fingerprint density at radius 3 is 2.23 bits per heavy atom. The number of furan rings is 1. The van der Waals surface area contributed by atoms with Crippen LogP contribution >= 0.6 is 0 Å². The van der Waals surface area contributed by atoms with Gasteiger partial charge in [0, 0.05) is 54.2 Å².